The van der Waals surface area contributed by atoms with Crippen molar-refractivity contribution in [3.05, 3.63) is 53.1 Å². The topological polar surface area (TPSA) is 60.2 Å². The Morgan fingerprint density at radius 1 is 1.19 bits per heavy atom. The van der Waals surface area contributed by atoms with Gasteiger partial charge in [0.25, 0.3) is 5.91 Å². The molecule has 1 fully saturated rings. The van der Waals surface area contributed by atoms with Crippen LogP contribution < -0.4 is 9.80 Å². The SMILES string of the molecule is CC(C)c1ccc(N2C(=S)N(c3ccc(C#N)c(C(F)(F)F)c3F)C(=O)C2(C)C)cn1. The molecule has 5 nitrogen and oxygen atoms in total. The van der Waals surface area contributed by atoms with Crippen LogP contribution >= 0.6 is 12.2 Å². The molecule has 1 aliphatic heterocycles. The van der Waals surface area contributed by atoms with Gasteiger partial charge in [0.15, 0.2) is 10.9 Å². The van der Waals surface area contributed by atoms with Crippen LogP contribution in [0.15, 0.2) is 30.5 Å². The number of hydrogen-bond acceptors (Lipinski definition) is 4. The van der Waals surface area contributed by atoms with Crippen molar-refractivity contribution in [1.82, 2.24) is 4.98 Å². The molecule has 10 heteroatoms. The lowest BCUT2D eigenvalue weighted by Gasteiger charge is -2.29. The number of rotatable bonds is 3. The first kappa shape index (κ1) is 22.6. The number of carbonyl (C=O) groups is 1. The fraction of sp³-hybridized carbons (Fsp3) is 0.333. The normalized spacial score (nSPS) is 16.3. The van der Waals surface area contributed by atoms with E-state index in [2.05, 4.69) is 4.98 Å². The molecular weight excluding hydrogens is 432 g/mol. The fourth-order valence-electron chi connectivity index (χ4n) is 3.42. The highest BCUT2D eigenvalue weighted by Crippen LogP contribution is 2.41. The maximum atomic E-state index is 15.0. The van der Waals surface area contributed by atoms with Gasteiger partial charge in [-0.15, -0.1) is 0 Å². The zero-order chi connectivity index (χ0) is 23.3. The molecule has 0 bridgehead atoms. The molecule has 1 saturated heterocycles. The van der Waals surface area contributed by atoms with Gasteiger partial charge < -0.3 is 4.90 Å². The number of hydrogen-bond donors (Lipinski definition) is 0. The number of aromatic nitrogens is 1. The lowest BCUT2D eigenvalue weighted by atomic mass is 10.0. The van der Waals surface area contributed by atoms with Crippen LogP contribution in [0.1, 0.15) is 50.4 Å². The van der Waals surface area contributed by atoms with Crippen molar-refractivity contribution in [2.75, 3.05) is 9.80 Å². The van der Waals surface area contributed by atoms with Crippen molar-refractivity contribution in [3.8, 4) is 6.07 Å². The molecule has 0 aliphatic carbocycles. The summed E-state index contributed by atoms with van der Waals surface area (Å²) in [6, 6.07) is 6.57. The van der Waals surface area contributed by atoms with Gasteiger partial charge in [-0.05, 0) is 56.2 Å². The minimum Gasteiger partial charge on any atom is -0.302 e. The van der Waals surface area contributed by atoms with Gasteiger partial charge in [0, 0.05) is 5.69 Å². The van der Waals surface area contributed by atoms with Crippen LogP contribution in [0.3, 0.4) is 0 Å². The zero-order valence-corrected chi connectivity index (χ0v) is 17.9. The second-order valence-electron chi connectivity index (χ2n) is 7.84. The number of nitriles is 1. The van der Waals surface area contributed by atoms with Gasteiger partial charge in [-0.2, -0.15) is 18.4 Å². The van der Waals surface area contributed by atoms with Gasteiger partial charge in [0.1, 0.15) is 11.1 Å². The first-order valence-electron chi connectivity index (χ1n) is 9.26. The summed E-state index contributed by atoms with van der Waals surface area (Å²) in [5.74, 6) is -2.27. The first-order chi connectivity index (χ1) is 14.3. The molecule has 0 spiro atoms. The maximum absolute atomic E-state index is 15.0. The molecule has 0 unspecified atom stereocenters. The van der Waals surface area contributed by atoms with Crippen molar-refractivity contribution in [1.29, 1.82) is 5.26 Å². The summed E-state index contributed by atoms with van der Waals surface area (Å²) >= 11 is 5.38. The van der Waals surface area contributed by atoms with Gasteiger partial charge in [-0.3, -0.25) is 14.7 Å². The van der Waals surface area contributed by atoms with E-state index < -0.39 is 40.3 Å². The van der Waals surface area contributed by atoms with Crippen molar-refractivity contribution >= 4 is 34.6 Å². The third-order valence-electron chi connectivity index (χ3n) is 5.05. The summed E-state index contributed by atoms with van der Waals surface area (Å²) in [5, 5.41) is 8.77. The Kier molecular flexibility index (Phi) is 5.52. The Hall–Kier alpha value is -3.06. The summed E-state index contributed by atoms with van der Waals surface area (Å²) < 4.78 is 55.2. The van der Waals surface area contributed by atoms with Crippen LogP contribution in [0.4, 0.5) is 28.9 Å². The summed E-state index contributed by atoms with van der Waals surface area (Å²) in [6.07, 6.45) is -3.61. The first-order valence-corrected chi connectivity index (χ1v) is 9.67. The summed E-state index contributed by atoms with van der Waals surface area (Å²) in [5.41, 5.74) is -3.33. The molecule has 1 aromatic carbocycles. The third kappa shape index (κ3) is 3.63. The van der Waals surface area contributed by atoms with E-state index in [1.807, 2.05) is 13.8 Å². The molecule has 3 rings (SSSR count). The molecule has 2 heterocycles. The molecule has 0 N–H and O–H groups in total. The van der Waals surface area contributed by atoms with E-state index in [1.165, 1.54) is 31.0 Å². The number of nitrogens with zero attached hydrogens (tertiary/aromatic N) is 4. The number of alkyl halides is 3. The molecule has 31 heavy (non-hydrogen) atoms. The van der Waals surface area contributed by atoms with E-state index in [-0.39, 0.29) is 11.0 Å². The zero-order valence-electron chi connectivity index (χ0n) is 17.1. The highest BCUT2D eigenvalue weighted by molar-refractivity contribution is 7.81. The van der Waals surface area contributed by atoms with E-state index in [1.54, 1.807) is 12.1 Å². The number of thiocarbonyl (C=S) groups is 1. The Bertz CT molecular complexity index is 1100. The largest absolute Gasteiger partial charge is 0.420 e. The third-order valence-corrected chi connectivity index (χ3v) is 5.42. The van der Waals surface area contributed by atoms with Crippen molar-refractivity contribution < 1.29 is 22.4 Å². The summed E-state index contributed by atoms with van der Waals surface area (Å²) in [7, 11) is 0. The van der Waals surface area contributed by atoms with E-state index in [9.17, 15) is 22.4 Å². The van der Waals surface area contributed by atoms with E-state index in [4.69, 9.17) is 17.5 Å². The Morgan fingerprint density at radius 2 is 1.84 bits per heavy atom. The number of carbonyl (C=O) groups excluding carboxylic acids is 1. The minimum absolute atomic E-state index is 0.166. The highest BCUT2D eigenvalue weighted by atomic mass is 32.1. The number of amides is 1. The molecular formula is C21H18F4N4OS. The molecule has 1 aromatic heterocycles. The van der Waals surface area contributed by atoms with Gasteiger partial charge >= 0.3 is 6.18 Å². The van der Waals surface area contributed by atoms with E-state index in [0.29, 0.717) is 5.69 Å². The minimum atomic E-state index is -5.12. The second-order valence-corrected chi connectivity index (χ2v) is 8.21. The molecule has 0 saturated carbocycles. The van der Waals surface area contributed by atoms with Crippen molar-refractivity contribution in [2.24, 2.45) is 0 Å². The predicted octanol–water partition coefficient (Wildman–Crippen LogP) is 5.15. The van der Waals surface area contributed by atoms with Crippen LogP contribution in [0.5, 0.6) is 0 Å². The number of halogens is 4. The van der Waals surface area contributed by atoms with Crippen LogP contribution in [0, 0.1) is 17.1 Å². The van der Waals surface area contributed by atoms with Crippen LogP contribution in [0.2, 0.25) is 0 Å². The second kappa shape index (κ2) is 7.57. The van der Waals surface area contributed by atoms with Crippen LogP contribution in [0.25, 0.3) is 0 Å². The van der Waals surface area contributed by atoms with E-state index >= 15 is 0 Å². The quantitative estimate of drug-likeness (QED) is 0.478. The Labute approximate surface area is 181 Å². The lowest BCUT2D eigenvalue weighted by molar-refractivity contribution is -0.140. The Balaban J connectivity index is 2.14. The summed E-state index contributed by atoms with van der Waals surface area (Å²) in [6.45, 7) is 6.99. The van der Waals surface area contributed by atoms with E-state index in [0.717, 1.165) is 22.7 Å². The number of pyridine rings is 1. The number of anilines is 2. The standard InChI is InChI=1S/C21H18F4N4OS/c1-11(2)14-7-6-13(10-27-14)29-19(31)28(18(30)20(29,3)4)15-8-5-12(9-26)16(17(15)22)21(23,24)25/h5-8,10-11H,1-4H3. The molecule has 0 atom stereocenters. The van der Waals surface area contributed by atoms with Gasteiger partial charge in [0.05, 0.1) is 29.2 Å². The van der Waals surface area contributed by atoms with Gasteiger partial charge in [-0.1, -0.05) is 13.8 Å². The molecule has 1 amide bonds. The number of benzene rings is 1. The highest BCUT2D eigenvalue weighted by Gasteiger charge is 2.52. The molecule has 162 valence electrons. The Morgan fingerprint density at radius 3 is 2.32 bits per heavy atom. The fourth-order valence-corrected chi connectivity index (χ4v) is 3.94. The van der Waals surface area contributed by atoms with Crippen LogP contribution in [-0.2, 0) is 11.0 Å². The monoisotopic (exact) mass is 450 g/mol. The smallest absolute Gasteiger partial charge is 0.302 e. The van der Waals surface area contributed by atoms with Gasteiger partial charge in [0.2, 0.25) is 0 Å². The average molecular weight is 450 g/mol. The van der Waals surface area contributed by atoms with Crippen molar-refractivity contribution in [3.63, 3.8) is 0 Å². The predicted molar refractivity (Wildman–Crippen MR) is 111 cm³/mol. The molecule has 1 aliphatic rings. The summed E-state index contributed by atoms with van der Waals surface area (Å²) in [4.78, 5) is 19.6. The lowest BCUT2D eigenvalue weighted by Crippen LogP contribution is -2.44. The van der Waals surface area contributed by atoms with Crippen molar-refractivity contribution in [2.45, 2.75) is 45.3 Å². The average Bonchev–Trinajstić information content (AvgIpc) is 2.85. The molecule has 0 radical (unpaired) electrons. The molecule has 2 aromatic rings. The van der Waals surface area contributed by atoms with Gasteiger partial charge in [-0.25, -0.2) is 4.39 Å². The maximum Gasteiger partial charge on any atom is 0.420 e. The van der Waals surface area contributed by atoms with Crippen LogP contribution in [-0.4, -0.2) is 21.5 Å².